The molecule has 0 unspecified atom stereocenters. The number of hydrogen-bond acceptors (Lipinski definition) is 3. The number of likely N-dealkylation sites (N-methyl/N-ethyl adjacent to an activating group) is 1. The second kappa shape index (κ2) is 7.42. The number of aryl methyl sites for hydroxylation is 1. The van der Waals surface area contributed by atoms with Crippen molar-refractivity contribution in [3.05, 3.63) is 59.4 Å². The van der Waals surface area contributed by atoms with E-state index in [0.29, 0.717) is 12.1 Å². The third kappa shape index (κ3) is 3.47. The minimum absolute atomic E-state index is 0.0423. The van der Waals surface area contributed by atoms with Crippen molar-refractivity contribution in [1.29, 1.82) is 0 Å². The van der Waals surface area contributed by atoms with Crippen LogP contribution < -0.4 is 0 Å². The standard InChI is InChI=1S/C21H22FN5O/c1-3-27-19-8-6-16(22)12-18(19)24-20(27)9-5-15-4-7-17(23-13-15)14-26-11-10-25(2)21(26)28/h4-9,12-13H,3,10-11,14H2,1-2H3/b9-5+. The molecule has 3 aromatic rings. The first-order chi connectivity index (χ1) is 13.5. The van der Waals surface area contributed by atoms with Gasteiger partial charge in [0.1, 0.15) is 11.6 Å². The summed E-state index contributed by atoms with van der Waals surface area (Å²) in [6, 6.07) is 8.61. The molecule has 28 heavy (non-hydrogen) atoms. The maximum absolute atomic E-state index is 13.5. The lowest BCUT2D eigenvalue weighted by atomic mass is 10.2. The van der Waals surface area contributed by atoms with Gasteiger partial charge in [0.25, 0.3) is 0 Å². The molecule has 1 aliphatic heterocycles. The van der Waals surface area contributed by atoms with Crippen molar-refractivity contribution in [2.24, 2.45) is 0 Å². The molecular formula is C21H22FN5O. The Balaban J connectivity index is 1.51. The zero-order valence-electron chi connectivity index (χ0n) is 16.0. The molecule has 2 amide bonds. The molecule has 1 saturated heterocycles. The average Bonchev–Trinajstić information content (AvgIpc) is 3.21. The number of hydrogen-bond donors (Lipinski definition) is 0. The molecule has 7 heteroatoms. The maximum atomic E-state index is 13.5. The number of amides is 2. The fraction of sp³-hybridized carbons (Fsp3) is 0.286. The van der Waals surface area contributed by atoms with E-state index in [1.54, 1.807) is 22.1 Å². The molecule has 6 nitrogen and oxygen atoms in total. The molecule has 1 aromatic carbocycles. The third-order valence-corrected chi connectivity index (χ3v) is 4.98. The van der Waals surface area contributed by atoms with Gasteiger partial charge in [-0.2, -0.15) is 0 Å². The van der Waals surface area contributed by atoms with Crippen molar-refractivity contribution < 1.29 is 9.18 Å². The predicted octanol–water partition coefficient (Wildman–Crippen LogP) is 3.63. The zero-order valence-corrected chi connectivity index (χ0v) is 16.0. The van der Waals surface area contributed by atoms with Crippen LogP contribution in [-0.2, 0) is 13.1 Å². The van der Waals surface area contributed by atoms with Gasteiger partial charge >= 0.3 is 6.03 Å². The lowest BCUT2D eigenvalue weighted by molar-refractivity contribution is 0.196. The SMILES string of the molecule is CCn1c(/C=C/c2ccc(CN3CCN(C)C3=O)nc2)nc2cc(F)ccc21. The summed E-state index contributed by atoms with van der Waals surface area (Å²) in [6.45, 7) is 4.78. The number of carbonyl (C=O) groups is 1. The molecule has 1 aliphatic rings. The van der Waals surface area contributed by atoms with Crippen molar-refractivity contribution in [3.8, 4) is 0 Å². The number of rotatable bonds is 5. The predicted molar refractivity (Wildman–Crippen MR) is 107 cm³/mol. The summed E-state index contributed by atoms with van der Waals surface area (Å²) in [7, 11) is 1.81. The van der Waals surface area contributed by atoms with E-state index < -0.39 is 0 Å². The number of pyridine rings is 1. The molecule has 0 aliphatic carbocycles. The van der Waals surface area contributed by atoms with Crippen molar-refractivity contribution in [2.75, 3.05) is 20.1 Å². The maximum Gasteiger partial charge on any atom is 0.320 e. The van der Waals surface area contributed by atoms with E-state index in [-0.39, 0.29) is 11.8 Å². The third-order valence-electron chi connectivity index (χ3n) is 4.98. The summed E-state index contributed by atoms with van der Waals surface area (Å²) in [5, 5.41) is 0. The summed E-state index contributed by atoms with van der Waals surface area (Å²) in [6.07, 6.45) is 5.64. The fourth-order valence-electron chi connectivity index (χ4n) is 3.43. The molecule has 4 rings (SSSR count). The number of halogens is 1. The monoisotopic (exact) mass is 379 g/mol. The fourth-order valence-corrected chi connectivity index (χ4v) is 3.43. The first-order valence-electron chi connectivity index (χ1n) is 9.34. The minimum Gasteiger partial charge on any atom is -0.326 e. The summed E-state index contributed by atoms with van der Waals surface area (Å²) in [4.78, 5) is 24.5. The van der Waals surface area contributed by atoms with Crippen LogP contribution in [0, 0.1) is 5.82 Å². The first-order valence-corrected chi connectivity index (χ1v) is 9.34. The van der Waals surface area contributed by atoms with Gasteiger partial charge in [-0.05, 0) is 42.8 Å². The smallest absolute Gasteiger partial charge is 0.320 e. The van der Waals surface area contributed by atoms with Crippen molar-refractivity contribution in [2.45, 2.75) is 20.0 Å². The van der Waals surface area contributed by atoms with Gasteiger partial charge in [0.2, 0.25) is 0 Å². The topological polar surface area (TPSA) is 54.3 Å². The summed E-state index contributed by atoms with van der Waals surface area (Å²) < 4.78 is 15.5. The van der Waals surface area contributed by atoms with Crippen molar-refractivity contribution in [1.82, 2.24) is 24.3 Å². The van der Waals surface area contributed by atoms with E-state index in [1.165, 1.54) is 12.1 Å². The quantitative estimate of drug-likeness (QED) is 0.680. The lowest BCUT2D eigenvalue weighted by Crippen LogP contribution is -2.29. The summed E-state index contributed by atoms with van der Waals surface area (Å²) >= 11 is 0. The van der Waals surface area contributed by atoms with Gasteiger partial charge in [0.15, 0.2) is 0 Å². The van der Waals surface area contributed by atoms with Crippen LogP contribution in [0.2, 0.25) is 0 Å². The van der Waals surface area contributed by atoms with Crippen LogP contribution in [0.5, 0.6) is 0 Å². The molecule has 0 bridgehead atoms. The van der Waals surface area contributed by atoms with Gasteiger partial charge < -0.3 is 14.4 Å². The highest BCUT2D eigenvalue weighted by Crippen LogP contribution is 2.19. The number of benzene rings is 1. The van der Waals surface area contributed by atoms with Gasteiger partial charge in [-0.15, -0.1) is 0 Å². The molecule has 0 N–H and O–H groups in total. The molecule has 2 aromatic heterocycles. The average molecular weight is 379 g/mol. The lowest BCUT2D eigenvalue weighted by Gasteiger charge is -2.15. The van der Waals surface area contributed by atoms with Gasteiger partial charge in [0, 0.05) is 38.9 Å². The van der Waals surface area contributed by atoms with Gasteiger partial charge in [0.05, 0.1) is 23.3 Å². The molecule has 0 atom stereocenters. The Hall–Kier alpha value is -3.22. The highest BCUT2D eigenvalue weighted by atomic mass is 19.1. The number of urea groups is 1. The van der Waals surface area contributed by atoms with E-state index in [4.69, 9.17) is 0 Å². The zero-order chi connectivity index (χ0) is 19.7. The van der Waals surface area contributed by atoms with E-state index in [0.717, 1.165) is 42.2 Å². The van der Waals surface area contributed by atoms with Gasteiger partial charge in [-0.3, -0.25) is 4.98 Å². The number of fused-ring (bicyclic) bond motifs is 1. The molecule has 0 saturated carbocycles. The largest absolute Gasteiger partial charge is 0.326 e. The van der Waals surface area contributed by atoms with Crippen LogP contribution in [-0.4, -0.2) is 50.5 Å². The summed E-state index contributed by atoms with van der Waals surface area (Å²) in [5.74, 6) is 0.490. The number of aromatic nitrogens is 3. The Morgan fingerprint density at radius 1 is 1.18 bits per heavy atom. The minimum atomic E-state index is -0.286. The second-order valence-corrected chi connectivity index (χ2v) is 6.89. The molecule has 144 valence electrons. The summed E-state index contributed by atoms with van der Waals surface area (Å²) in [5.41, 5.74) is 3.36. The molecule has 0 spiro atoms. The van der Waals surface area contributed by atoms with Crippen LogP contribution in [0.25, 0.3) is 23.2 Å². The highest BCUT2D eigenvalue weighted by Gasteiger charge is 2.25. The molecule has 1 fully saturated rings. The van der Waals surface area contributed by atoms with Crippen molar-refractivity contribution in [3.63, 3.8) is 0 Å². The first kappa shape index (κ1) is 18.2. The van der Waals surface area contributed by atoms with E-state index >= 15 is 0 Å². The van der Waals surface area contributed by atoms with Gasteiger partial charge in [-0.1, -0.05) is 6.07 Å². The second-order valence-electron chi connectivity index (χ2n) is 6.89. The van der Waals surface area contributed by atoms with Crippen LogP contribution in [0.1, 0.15) is 24.0 Å². The number of carbonyl (C=O) groups excluding carboxylic acids is 1. The van der Waals surface area contributed by atoms with Crippen LogP contribution in [0.15, 0.2) is 36.5 Å². The molecular weight excluding hydrogens is 357 g/mol. The van der Waals surface area contributed by atoms with E-state index in [9.17, 15) is 9.18 Å². The number of nitrogens with zero attached hydrogens (tertiary/aromatic N) is 5. The number of imidazole rings is 1. The normalized spacial score (nSPS) is 14.8. The Morgan fingerprint density at radius 3 is 2.71 bits per heavy atom. The Labute approximate surface area is 162 Å². The Morgan fingerprint density at radius 2 is 2.04 bits per heavy atom. The van der Waals surface area contributed by atoms with Crippen LogP contribution in [0.4, 0.5) is 9.18 Å². The highest BCUT2D eigenvalue weighted by molar-refractivity contribution is 5.80. The van der Waals surface area contributed by atoms with Crippen LogP contribution >= 0.6 is 0 Å². The Kier molecular flexibility index (Phi) is 4.81. The van der Waals surface area contributed by atoms with E-state index in [2.05, 4.69) is 9.97 Å². The van der Waals surface area contributed by atoms with Crippen molar-refractivity contribution >= 4 is 29.2 Å². The van der Waals surface area contributed by atoms with Gasteiger partial charge in [-0.25, -0.2) is 14.2 Å². The molecule has 3 heterocycles. The van der Waals surface area contributed by atoms with E-state index in [1.807, 2.05) is 42.8 Å². The Bertz CT molecular complexity index is 1040. The van der Waals surface area contributed by atoms with Crippen LogP contribution in [0.3, 0.4) is 0 Å². The molecule has 0 radical (unpaired) electrons.